The minimum atomic E-state index is -4.17. The van der Waals surface area contributed by atoms with Crippen molar-refractivity contribution in [3.05, 3.63) is 0 Å². The van der Waals surface area contributed by atoms with E-state index in [1.807, 2.05) is 0 Å². The van der Waals surface area contributed by atoms with Crippen LogP contribution in [-0.4, -0.2) is 74.6 Å². The number of hydrogen-bond acceptors (Lipinski definition) is 6. The van der Waals surface area contributed by atoms with E-state index in [1.165, 1.54) is 19.8 Å². The second-order valence-corrected chi connectivity index (χ2v) is 7.44. The number of rotatable bonds is 11. The third-order valence-electron chi connectivity index (χ3n) is 3.80. The molecule has 0 aromatic carbocycles. The van der Waals surface area contributed by atoms with Crippen molar-refractivity contribution in [2.45, 2.75) is 32.8 Å². The van der Waals surface area contributed by atoms with Crippen LogP contribution in [0.3, 0.4) is 0 Å². The molecular formula is C14H29NO7P+. The van der Waals surface area contributed by atoms with E-state index < -0.39 is 19.9 Å². The lowest BCUT2D eigenvalue weighted by molar-refractivity contribution is -0.897. The number of hydrogen-bond donors (Lipinski definition) is 1. The Labute approximate surface area is 137 Å². The fourth-order valence-electron chi connectivity index (χ4n) is 2.51. The SMILES string of the molecule is CCOC[C@@H](COP(=O)(O)OCC[N+]1(C)CCCC1)OC(C)=O. The zero-order chi connectivity index (χ0) is 17.3. The molecule has 1 saturated heterocycles. The summed E-state index contributed by atoms with van der Waals surface area (Å²) in [6, 6.07) is 0. The quantitative estimate of drug-likeness (QED) is 0.340. The van der Waals surface area contributed by atoms with Crippen molar-refractivity contribution < 1.29 is 37.3 Å². The molecule has 0 radical (unpaired) electrons. The first-order chi connectivity index (χ1) is 10.8. The molecule has 8 nitrogen and oxygen atoms in total. The highest BCUT2D eigenvalue weighted by molar-refractivity contribution is 7.47. The minimum Gasteiger partial charge on any atom is -0.458 e. The van der Waals surface area contributed by atoms with Gasteiger partial charge < -0.3 is 18.9 Å². The molecule has 0 aromatic heterocycles. The molecule has 1 fully saturated rings. The number of esters is 1. The van der Waals surface area contributed by atoms with Gasteiger partial charge in [-0.1, -0.05) is 0 Å². The highest BCUT2D eigenvalue weighted by atomic mass is 31.2. The van der Waals surface area contributed by atoms with Crippen LogP contribution in [0.4, 0.5) is 0 Å². The number of nitrogens with zero attached hydrogens (tertiary/aromatic N) is 1. The fraction of sp³-hybridized carbons (Fsp3) is 0.929. The van der Waals surface area contributed by atoms with E-state index in [1.54, 1.807) is 6.92 Å². The van der Waals surface area contributed by atoms with Gasteiger partial charge >= 0.3 is 13.8 Å². The summed E-state index contributed by atoms with van der Waals surface area (Å²) in [6.07, 6.45) is 1.61. The van der Waals surface area contributed by atoms with Gasteiger partial charge in [0.05, 0.1) is 33.4 Å². The fourth-order valence-corrected chi connectivity index (χ4v) is 3.26. The van der Waals surface area contributed by atoms with E-state index >= 15 is 0 Å². The van der Waals surface area contributed by atoms with Crippen molar-refractivity contribution >= 4 is 13.8 Å². The minimum absolute atomic E-state index is 0.102. The Kier molecular flexibility index (Phi) is 8.68. The van der Waals surface area contributed by atoms with Crippen LogP contribution in [0.1, 0.15) is 26.7 Å². The molecule has 9 heteroatoms. The average molecular weight is 354 g/mol. The van der Waals surface area contributed by atoms with E-state index in [-0.39, 0.29) is 19.8 Å². The third kappa shape index (κ3) is 8.79. The molecule has 1 unspecified atom stereocenters. The molecule has 0 amide bonds. The van der Waals surface area contributed by atoms with Gasteiger partial charge in [0.1, 0.15) is 19.3 Å². The molecule has 23 heavy (non-hydrogen) atoms. The van der Waals surface area contributed by atoms with Crippen LogP contribution < -0.4 is 0 Å². The maximum absolute atomic E-state index is 11.9. The first kappa shape index (κ1) is 20.5. The molecule has 0 aliphatic carbocycles. The molecule has 0 bridgehead atoms. The van der Waals surface area contributed by atoms with E-state index in [0.717, 1.165) is 17.6 Å². The largest absolute Gasteiger partial charge is 0.472 e. The number of carbonyl (C=O) groups excluding carboxylic acids is 1. The lowest BCUT2D eigenvalue weighted by Crippen LogP contribution is -2.43. The molecule has 1 aliphatic heterocycles. The van der Waals surface area contributed by atoms with E-state index in [0.29, 0.717) is 13.2 Å². The van der Waals surface area contributed by atoms with Crippen LogP contribution in [0.25, 0.3) is 0 Å². The Balaban J connectivity index is 2.33. The Morgan fingerprint density at radius 3 is 2.48 bits per heavy atom. The van der Waals surface area contributed by atoms with Crippen LogP contribution in [0.15, 0.2) is 0 Å². The summed E-state index contributed by atoms with van der Waals surface area (Å²) in [7, 11) is -2.06. The summed E-state index contributed by atoms with van der Waals surface area (Å²) in [5.74, 6) is -0.501. The molecule has 2 atom stereocenters. The molecular weight excluding hydrogens is 325 g/mol. The number of quaternary nitrogens is 1. The average Bonchev–Trinajstić information content (AvgIpc) is 2.88. The summed E-state index contributed by atoms with van der Waals surface area (Å²) in [5, 5.41) is 0. The second-order valence-electron chi connectivity index (χ2n) is 5.99. The highest BCUT2D eigenvalue weighted by Crippen LogP contribution is 2.43. The van der Waals surface area contributed by atoms with Gasteiger partial charge in [0.25, 0.3) is 0 Å². The molecule has 1 N–H and O–H groups in total. The number of ether oxygens (including phenoxy) is 2. The second kappa shape index (κ2) is 9.71. The molecule has 1 aliphatic rings. The van der Waals surface area contributed by atoms with Crippen molar-refractivity contribution in [2.24, 2.45) is 0 Å². The van der Waals surface area contributed by atoms with Gasteiger partial charge in [-0.2, -0.15) is 0 Å². The highest BCUT2D eigenvalue weighted by Gasteiger charge is 2.29. The normalized spacial score (nSPS) is 20.9. The molecule has 1 heterocycles. The van der Waals surface area contributed by atoms with E-state index in [4.69, 9.17) is 18.5 Å². The van der Waals surface area contributed by atoms with Crippen molar-refractivity contribution in [3.8, 4) is 0 Å². The Morgan fingerprint density at radius 1 is 1.26 bits per heavy atom. The smallest absolute Gasteiger partial charge is 0.458 e. The van der Waals surface area contributed by atoms with Crippen molar-refractivity contribution in [3.63, 3.8) is 0 Å². The summed E-state index contributed by atoms with van der Waals surface area (Å²) in [6.45, 7) is 6.29. The predicted molar refractivity (Wildman–Crippen MR) is 83.8 cm³/mol. The summed E-state index contributed by atoms with van der Waals surface area (Å²) < 4.78 is 32.8. The predicted octanol–water partition coefficient (Wildman–Crippen LogP) is 1.33. The summed E-state index contributed by atoms with van der Waals surface area (Å²) >= 11 is 0. The number of carbonyl (C=O) groups is 1. The number of phosphoric acid groups is 1. The van der Waals surface area contributed by atoms with Gasteiger partial charge in [-0.15, -0.1) is 0 Å². The topological polar surface area (TPSA) is 91.3 Å². The van der Waals surface area contributed by atoms with Crippen LogP contribution in [0, 0.1) is 0 Å². The van der Waals surface area contributed by atoms with Crippen LogP contribution in [0.2, 0.25) is 0 Å². The third-order valence-corrected chi connectivity index (χ3v) is 4.78. The van der Waals surface area contributed by atoms with Gasteiger partial charge in [0.2, 0.25) is 0 Å². The Morgan fingerprint density at radius 2 is 1.91 bits per heavy atom. The van der Waals surface area contributed by atoms with Gasteiger partial charge in [-0.05, 0) is 6.92 Å². The van der Waals surface area contributed by atoms with Crippen molar-refractivity contribution in [2.75, 3.05) is 53.1 Å². The zero-order valence-electron chi connectivity index (χ0n) is 14.2. The lowest BCUT2D eigenvalue weighted by atomic mass is 10.4. The zero-order valence-corrected chi connectivity index (χ0v) is 15.1. The maximum atomic E-state index is 11.9. The molecule has 0 spiro atoms. The van der Waals surface area contributed by atoms with Crippen molar-refractivity contribution in [1.29, 1.82) is 0 Å². The van der Waals surface area contributed by atoms with Crippen LogP contribution in [-0.2, 0) is 27.9 Å². The lowest BCUT2D eigenvalue weighted by Gasteiger charge is -2.29. The van der Waals surface area contributed by atoms with Crippen molar-refractivity contribution in [1.82, 2.24) is 0 Å². The Hall–Kier alpha value is -0.500. The maximum Gasteiger partial charge on any atom is 0.472 e. The first-order valence-electron chi connectivity index (χ1n) is 7.97. The monoisotopic (exact) mass is 354 g/mol. The van der Waals surface area contributed by atoms with E-state index in [9.17, 15) is 14.3 Å². The van der Waals surface area contributed by atoms with E-state index in [2.05, 4.69) is 7.05 Å². The number of likely N-dealkylation sites (tertiary alicyclic amines) is 1. The summed E-state index contributed by atoms with van der Waals surface area (Å²) in [4.78, 5) is 20.7. The number of likely N-dealkylation sites (N-methyl/N-ethyl adjacent to an activating group) is 1. The molecule has 1 rings (SSSR count). The van der Waals surface area contributed by atoms with Gasteiger partial charge in [0, 0.05) is 26.4 Å². The van der Waals surface area contributed by atoms with Crippen LogP contribution in [0.5, 0.6) is 0 Å². The molecule has 0 saturated carbocycles. The molecule has 136 valence electrons. The number of phosphoric ester groups is 1. The standard InChI is InChI=1S/C14H28NO7P/c1-4-19-11-14(22-13(2)16)12-21-23(17,18)20-10-9-15(3)7-5-6-8-15/h14H,4-12H2,1-3H3/p+1/t14-/m0/s1. The van der Waals surface area contributed by atoms with Gasteiger partial charge in [-0.25, -0.2) is 4.57 Å². The van der Waals surface area contributed by atoms with Gasteiger partial charge in [-0.3, -0.25) is 13.8 Å². The van der Waals surface area contributed by atoms with Gasteiger partial charge in [0.15, 0.2) is 0 Å². The van der Waals surface area contributed by atoms with Crippen LogP contribution >= 0.6 is 7.82 Å². The summed E-state index contributed by atoms with van der Waals surface area (Å²) in [5.41, 5.74) is 0. The first-order valence-corrected chi connectivity index (χ1v) is 9.46. The Bertz CT molecular complexity index is 412. The molecule has 0 aromatic rings.